The molecule has 1 saturated carbocycles. The third-order valence-electron chi connectivity index (χ3n) is 5.71. The van der Waals surface area contributed by atoms with Gasteiger partial charge in [0, 0.05) is 22.7 Å². The molecule has 3 heterocycles. The maximum Gasteiger partial charge on any atom is 0.231 e. The first-order chi connectivity index (χ1) is 15.3. The number of allylic oxidation sites excluding steroid dienone is 1. The number of imidazole rings is 1. The number of rotatable bonds is 5. The zero-order chi connectivity index (χ0) is 22.7. The number of aromatic amines is 1. The van der Waals surface area contributed by atoms with Crippen LogP contribution in [-0.4, -0.2) is 36.6 Å². The molecule has 5 rings (SSSR count). The van der Waals surface area contributed by atoms with Crippen molar-refractivity contribution in [1.82, 2.24) is 24.6 Å². The number of amides is 1. The average molecular weight is 457 g/mol. The summed E-state index contributed by atoms with van der Waals surface area (Å²) < 4.78 is 30.1. The van der Waals surface area contributed by atoms with E-state index in [2.05, 4.69) is 32.1 Å². The molecule has 164 valence electrons. The van der Waals surface area contributed by atoms with Crippen molar-refractivity contribution in [3.8, 4) is 11.3 Å². The number of carbonyl (C=O) groups is 1. The smallest absolute Gasteiger partial charge is 0.231 e. The van der Waals surface area contributed by atoms with Gasteiger partial charge in [0.25, 0.3) is 0 Å². The van der Waals surface area contributed by atoms with Crippen LogP contribution >= 0.6 is 11.6 Å². The second-order valence-electron chi connectivity index (χ2n) is 8.23. The summed E-state index contributed by atoms with van der Waals surface area (Å²) in [5, 5.41) is 10.1. The van der Waals surface area contributed by atoms with Gasteiger partial charge in [-0.15, -0.1) is 0 Å². The predicted octanol–water partition coefficient (Wildman–Crippen LogP) is 5.03. The minimum absolute atomic E-state index is 0.00952. The van der Waals surface area contributed by atoms with E-state index in [9.17, 15) is 9.18 Å². The molecular formula is C22H19ClF2N6O. The fourth-order valence-electron chi connectivity index (χ4n) is 3.70. The van der Waals surface area contributed by atoms with Crippen molar-refractivity contribution in [1.29, 1.82) is 0 Å². The minimum Gasteiger partial charge on any atom is -0.309 e. The largest absolute Gasteiger partial charge is 0.309 e. The number of alkyl halides is 1. The third kappa shape index (κ3) is 3.24. The average Bonchev–Trinajstić information content (AvgIpc) is 3.11. The Labute approximate surface area is 186 Å². The van der Waals surface area contributed by atoms with Gasteiger partial charge < -0.3 is 9.72 Å². The maximum atomic E-state index is 15.4. The Bertz CT molecular complexity index is 1410. The molecule has 4 aromatic rings. The zero-order valence-corrected chi connectivity index (χ0v) is 18.0. The Hall–Kier alpha value is -3.33. The number of nitrogens with one attached hydrogen (secondary N) is 2. The van der Waals surface area contributed by atoms with Crippen LogP contribution < -0.4 is 5.32 Å². The van der Waals surface area contributed by atoms with Crippen molar-refractivity contribution in [2.45, 2.75) is 26.4 Å². The van der Waals surface area contributed by atoms with Crippen molar-refractivity contribution in [3.63, 3.8) is 0 Å². The van der Waals surface area contributed by atoms with Gasteiger partial charge in [-0.25, -0.2) is 13.8 Å². The van der Waals surface area contributed by atoms with Crippen molar-refractivity contribution < 1.29 is 13.6 Å². The van der Waals surface area contributed by atoms with E-state index in [0.29, 0.717) is 38.9 Å². The number of carbonyl (C=O) groups excluding carboxylic acids is 1. The normalized spacial score (nSPS) is 17.9. The molecule has 10 heteroatoms. The lowest BCUT2D eigenvalue weighted by atomic mass is 9.92. The molecular weight excluding hydrogens is 438 g/mol. The molecule has 1 aromatic carbocycles. The second kappa shape index (κ2) is 7.37. The highest BCUT2D eigenvalue weighted by Crippen LogP contribution is 2.41. The standard InChI is InChI=1S/C22H19ClF2N6O/c1-9(2)10(3)17-20(25)19(23)18(12-5-27-30-21(12)17)14-7-31-8-15(28-16(31)6-26-14)29-22(32)11-4-13(11)24/h5-9,11,13H,3-4H2,1-2H3,(H,27,30)(H,29,32). The Morgan fingerprint density at radius 2 is 2.12 bits per heavy atom. The highest BCUT2D eigenvalue weighted by atomic mass is 35.5. The van der Waals surface area contributed by atoms with Gasteiger partial charge >= 0.3 is 0 Å². The number of hydrogen-bond donors (Lipinski definition) is 2. The lowest BCUT2D eigenvalue weighted by Crippen LogP contribution is -2.15. The quantitative estimate of drug-likeness (QED) is 0.441. The van der Waals surface area contributed by atoms with Gasteiger partial charge in [-0.1, -0.05) is 32.0 Å². The van der Waals surface area contributed by atoms with E-state index >= 15 is 4.39 Å². The van der Waals surface area contributed by atoms with Crippen LogP contribution in [0.25, 0.3) is 33.4 Å². The van der Waals surface area contributed by atoms with E-state index in [-0.39, 0.29) is 23.2 Å². The van der Waals surface area contributed by atoms with Gasteiger partial charge in [0.1, 0.15) is 6.17 Å². The molecule has 1 fully saturated rings. The molecule has 0 spiro atoms. The Morgan fingerprint density at radius 3 is 2.81 bits per heavy atom. The van der Waals surface area contributed by atoms with Crippen molar-refractivity contribution in [2.24, 2.45) is 11.8 Å². The molecule has 1 amide bonds. The van der Waals surface area contributed by atoms with Crippen molar-refractivity contribution in [2.75, 3.05) is 5.32 Å². The molecule has 32 heavy (non-hydrogen) atoms. The fraction of sp³-hybridized carbons (Fsp3) is 0.273. The molecule has 0 saturated heterocycles. The van der Waals surface area contributed by atoms with E-state index in [1.165, 1.54) is 6.20 Å². The van der Waals surface area contributed by atoms with E-state index < -0.39 is 23.8 Å². The van der Waals surface area contributed by atoms with E-state index in [0.717, 1.165) is 0 Å². The summed E-state index contributed by atoms with van der Waals surface area (Å²) in [6, 6.07) is 0. The summed E-state index contributed by atoms with van der Waals surface area (Å²) >= 11 is 6.48. The number of benzene rings is 1. The fourth-order valence-corrected chi connectivity index (χ4v) is 3.99. The minimum atomic E-state index is -1.09. The zero-order valence-electron chi connectivity index (χ0n) is 17.3. The SMILES string of the molecule is C=C(c1c(F)c(Cl)c(-c2cn3cc(NC(=O)C4CC4F)nc3cn2)c2cn[nH]c12)C(C)C. The maximum absolute atomic E-state index is 15.4. The van der Waals surface area contributed by atoms with Crippen LogP contribution in [0, 0.1) is 17.7 Å². The number of H-pyrrole nitrogens is 1. The Balaban J connectivity index is 1.59. The molecule has 0 bridgehead atoms. The highest BCUT2D eigenvalue weighted by Gasteiger charge is 2.43. The molecule has 1 aliphatic carbocycles. The first-order valence-corrected chi connectivity index (χ1v) is 10.5. The van der Waals surface area contributed by atoms with Crippen LogP contribution in [0.2, 0.25) is 5.02 Å². The van der Waals surface area contributed by atoms with E-state index in [4.69, 9.17) is 11.6 Å². The summed E-state index contributed by atoms with van der Waals surface area (Å²) in [6.07, 6.45) is 5.42. The van der Waals surface area contributed by atoms with Crippen LogP contribution in [0.5, 0.6) is 0 Å². The monoisotopic (exact) mass is 456 g/mol. The molecule has 2 N–H and O–H groups in total. The summed E-state index contributed by atoms with van der Waals surface area (Å²) in [6.45, 7) is 7.86. The third-order valence-corrected chi connectivity index (χ3v) is 6.06. The topological polar surface area (TPSA) is 88.0 Å². The first-order valence-electron chi connectivity index (χ1n) is 10.1. The van der Waals surface area contributed by atoms with E-state index in [1.807, 2.05) is 13.8 Å². The molecule has 3 aromatic heterocycles. The van der Waals surface area contributed by atoms with Crippen LogP contribution in [0.15, 0.2) is 31.4 Å². The van der Waals surface area contributed by atoms with Gasteiger partial charge in [0.2, 0.25) is 5.91 Å². The molecule has 1 aliphatic rings. The van der Waals surface area contributed by atoms with Gasteiger partial charge in [0.15, 0.2) is 17.3 Å². The molecule has 2 unspecified atom stereocenters. The van der Waals surface area contributed by atoms with Gasteiger partial charge in [0.05, 0.1) is 40.7 Å². The van der Waals surface area contributed by atoms with Gasteiger partial charge in [-0.2, -0.15) is 5.10 Å². The Morgan fingerprint density at radius 1 is 1.38 bits per heavy atom. The van der Waals surface area contributed by atoms with Gasteiger partial charge in [-0.3, -0.25) is 14.9 Å². The second-order valence-corrected chi connectivity index (χ2v) is 8.61. The number of fused-ring (bicyclic) bond motifs is 2. The number of aromatic nitrogens is 5. The van der Waals surface area contributed by atoms with Crippen LogP contribution in [0.1, 0.15) is 25.8 Å². The Kier molecular flexibility index (Phi) is 4.74. The highest BCUT2D eigenvalue weighted by molar-refractivity contribution is 6.35. The molecule has 0 radical (unpaired) electrons. The first kappa shape index (κ1) is 20.6. The molecule has 2 atom stereocenters. The van der Waals surface area contributed by atoms with Crippen LogP contribution in [-0.2, 0) is 4.79 Å². The van der Waals surface area contributed by atoms with Crippen molar-refractivity contribution >= 4 is 45.4 Å². The number of nitrogens with zero attached hydrogens (tertiary/aromatic N) is 4. The van der Waals surface area contributed by atoms with Crippen LogP contribution in [0.3, 0.4) is 0 Å². The summed E-state index contributed by atoms with van der Waals surface area (Å²) in [5.74, 6) is -1.33. The van der Waals surface area contributed by atoms with Gasteiger partial charge in [-0.05, 0) is 17.9 Å². The molecule has 0 aliphatic heterocycles. The number of anilines is 1. The number of hydrogen-bond acceptors (Lipinski definition) is 4. The summed E-state index contributed by atoms with van der Waals surface area (Å²) in [7, 11) is 0. The summed E-state index contributed by atoms with van der Waals surface area (Å²) in [4.78, 5) is 20.7. The number of halogens is 3. The summed E-state index contributed by atoms with van der Waals surface area (Å²) in [5.41, 5.74) is 2.65. The molecule has 7 nitrogen and oxygen atoms in total. The lowest BCUT2D eigenvalue weighted by molar-refractivity contribution is -0.117. The van der Waals surface area contributed by atoms with Crippen molar-refractivity contribution in [3.05, 3.63) is 47.8 Å². The van der Waals surface area contributed by atoms with Crippen LogP contribution in [0.4, 0.5) is 14.6 Å². The lowest BCUT2D eigenvalue weighted by Gasteiger charge is -2.16. The predicted molar refractivity (Wildman–Crippen MR) is 119 cm³/mol. The van der Waals surface area contributed by atoms with E-state index in [1.54, 1.807) is 23.0 Å².